The van der Waals surface area contributed by atoms with Crippen molar-refractivity contribution in [2.75, 3.05) is 0 Å². The van der Waals surface area contributed by atoms with E-state index in [1.165, 1.54) is 7.05 Å². The third-order valence-electron chi connectivity index (χ3n) is 0.992. The van der Waals surface area contributed by atoms with Crippen LogP contribution >= 0.6 is 23.4 Å². The summed E-state index contributed by atoms with van der Waals surface area (Å²) in [4.78, 5) is 0. The number of thioether (sulfide) groups is 1. The maximum absolute atomic E-state index is 11.8. The quantitative estimate of drug-likeness (QED) is 0.670. The molecule has 0 N–H and O–H groups in total. The number of hydrogen-bond acceptors (Lipinski definition) is 2. The molecule has 12 heavy (non-hydrogen) atoms. The Bertz CT molecular complexity index is 263. The molecule has 1 heterocycles. The number of aryl methyl sites for hydroxylation is 1. The van der Waals surface area contributed by atoms with Crippen molar-refractivity contribution < 1.29 is 13.2 Å². The highest BCUT2D eigenvalue weighted by Crippen LogP contribution is 2.39. The smallest absolute Gasteiger partial charge is 0.260 e. The van der Waals surface area contributed by atoms with Gasteiger partial charge < -0.3 is 0 Å². The Balaban J connectivity index is 2.88. The molecule has 0 spiro atoms. The summed E-state index contributed by atoms with van der Waals surface area (Å²) in [5.74, 6) is 0. The zero-order valence-electron chi connectivity index (χ0n) is 5.81. The van der Waals surface area contributed by atoms with Crippen molar-refractivity contribution in [1.82, 2.24) is 9.78 Å². The molecule has 67 valence electrons. The number of nitrogens with zero attached hydrogens (tertiary/aromatic N) is 2. The lowest BCUT2D eigenvalue weighted by Gasteiger charge is -2.05. The first kappa shape index (κ1) is 9.73. The molecule has 0 amide bonds. The van der Waals surface area contributed by atoms with E-state index in [2.05, 4.69) is 11.3 Å². The molecule has 0 fully saturated rings. The molecular formula is C5H3ClF3N2S. The second-order valence-corrected chi connectivity index (χ2v) is 3.33. The zero-order valence-corrected chi connectivity index (χ0v) is 7.39. The monoisotopic (exact) mass is 215 g/mol. The molecule has 0 aliphatic carbocycles. The number of rotatable bonds is 1. The van der Waals surface area contributed by atoms with Gasteiger partial charge in [-0.15, -0.1) is 0 Å². The van der Waals surface area contributed by atoms with Crippen LogP contribution in [0.2, 0.25) is 5.02 Å². The van der Waals surface area contributed by atoms with Crippen molar-refractivity contribution in [3.8, 4) is 0 Å². The number of aromatic nitrogens is 2. The molecule has 1 aromatic heterocycles. The summed E-state index contributed by atoms with van der Waals surface area (Å²) in [6, 6.07) is 0. The van der Waals surface area contributed by atoms with E-state index in [1.807, 2.05) is 0 Å². The first-order chi connectivity index (χ1) is 5.40. The summed E-state index contributed by atoms with van der Waals surface area (Å²) in [5.41, 5.74) is -4.34. The molecule has 1 radical (unpaired) electrons. The Morgan fingerprint density at radius 2 is 2.17 bits per heavy atom. The molecule has 0 aliphatic heterocycles. The number of halogens is 4. The van der Waals surface area contributed by atoms with Crippen LogP contribution in [-0.2, 0) is 7.05 Å². The fraction of sp³-hybridized carbons (Fsp3) is 0.400. The van der Waals surface area contributed by atoms with Gasteiger partial charge in [0.15, 0.2) is 0 Å². The minimum absolute atomic E-state index is 0.111. The van der Waals surface area contributed by atoms with E-state index in [-0.39, 0.29) is 21.8 Å². The highest BCUT2D eigenvalue weighted by atomic mass is 35.5. The van der Waals surface area contributed by atoms with Crippen LogP contribution in [0.1, 0.15) is 0 Å². The molecule has 0 unspecified atom stereocenters. The average molecular weight is 216 g/mol. The second-order valence-electron chi connectivity index (χ2n) is 1.90. The van der Waals surface area contributed by atoms with Crippen LogP contribution in [-0.4, -0.2) is 15.3 Å². The minimum atomic E-state index is -4.34. The lowest BCUT2D eigenvalue weighted by molar-refractivity contribution is -0.0330. The lowest BCUT2D eigenvalue weighted by Crippen LogP contribution is -2.03. The van der Waals surface area contributed by atoms with Crippen LogP contribution in [0.5, 0.6) is 0 Å². The van der Waals surface area contributed by atoms with Gasteiger partial charge in [0.2, 0.25) is 0 Å². The predicted molar refractivity (Wildman–Crippen MR) is 39.0 cm³/mol. The highest BCUT2D eigenvalue weighted by Gasteiger charge is 2.32. The summed E-state index contributed by atoms with van der Waals surface area (Å²) in [5, 5.41) is 3.18. The normalized spacial score (nSPS) is 12.1. The molecular weight excluding hydrogens is 213 g/mol. The van der Waals surface area contributed by atoms with Crippen molar-refractivity contribution in [2.45, 2.75) is 10.5 Å². The van der Waals surface area contributed by atoms with E-state index < -0.39 is 5.51 Å². The van der Waals surface area contributed by atoms with E-state index in [9.17, 15) is 13.2 Å². The maximum Gasteiger partial charge on any atom is 0.447 e. The van der Waals surface area contributed by atoms with E-state index in [1.54, 1.807) is 0 Å². The molecule has 0 saturated carbocycles. The molecule has 0 bridgehead atoms. The molecule has 7 heteroatoms. The fourth-order valence-electron chi connectivity index (χ4n) is 0.575. The van der Waals surface area contributed by atoms with Gasteiger partial charge in [0.1, 0.15) is 16.2 Å². The van der Waals surface area contributed by atoms with E-state index in [4.69, 9.17) is 11.6 Å². The summed E-state index contributed by atoms with van der Waals surface area (Å²) in [6.45, 7) is 0. The van der Waals surface area contributed by atoms with Gasteiger partial charge in [0, 0.05) is 18.8 Å². The fourth-order valence-corrected chi connectivity index (χ4v) is 1.38. The van der Waals surface area contributed by atoms with E-state index >= 15 is 0 Å². The molecule has 0 saturated heterocycles. The van der Waals surface area contributed by atoms with E-state index in [0.29, 0.717) is 0 Å². The SMILES string of the molecule is Cn1n[c]c(Cl)c1SC(F)(F)F. The van der Waals surface area contributed by atoms with Crippen LogP contribution in [0.25, 0.3) is 0 Å². The molecule has 0 atom stereocenters. The number of hydrogen-bond donors (Lipinski definition) is 0. The van der Waals surface area contributed by atoms with Crippen LogP contribution in [0.4, 0.5) is 13.2 Å². The van der Waals surface area contributed by atoms with Crippen LogP contribution in [0.3, 0.4) is 0 Å². The van der Waals surface area contributed by atoms with Crippen LogP contribution in [0, 0.1) is 6.20 Å². The van der Waals surface area contributed by atoms with Crippen molar-refractivity contribution in [2.24, 2.45) is 7.05 Å². The standard InChI is InChI=1S/C5H3ClF3N2S/c1-11-4(3(6)2-10-11)12-5(7,8)9/h1H3. The summed E-state index contributed by atoms with van der Waals surface area (Å²) in [7, 11) is 1.37. The van der Waals surface area contributed by atoms with Gasteiger partial charge in [-0.1, -0.05) is 11.6 Å². The topological polar surface area (TPSA) is 17.8 Å². The molecule has 0 aliphatic rings. The Labute approximate surface area is 75.7 Å². The van der Waals surface area contributed by atoms with Crippen LogP contribution < -0.4 is 0 Å². The first-order valence-corrected chi connectivity index (χ1v) is 3.95. The summed E-state index contributed by atoms with van der Waals surface area (Å²) < 4.78 is 36.5. The average Bonchev–Trinajstić information content (AvgIpc) is 2.16. The Morgan fingerprint density at radius 3 is 2.50 bits per heavy atom. The van der Waals surface area contributed by atoms with Crippen LogP contribution in [0.15, 0.2) is 5.03 Å². The van der Waals surface area contributed by atoms with Crippen molar-refractivity contribution in [3.63, 3.8) is 0 Å². The van der Waals surface area contributed by atoms with Gasteiger partial charge in [0.05, 0.1) is 0 Å². The van der Waals surface area contributed by atoms with Crippen molar-refractivity contribution >= 4 is 23.4 Å². The molecule has 2 nitrogen and oxygen atoms in total. The van der Waals surface area contributed by atoms with Gasteiger partial charge in [0.25, 0.3) is 0 Å². The van der Waals surface area contributed by atoms with Gasteiger partial charge >= 0.3 is 5.51 Å². The maximum atomic E-state index is 11.8. The second kappa shape index (κ2) is 3.18. The Kier molecular flexibility index (Phi) is 2.58. The highest BCUT2D eigenvalue weighted by molar-refractivity contribution is 8.00. The minimum Gasteiger partial charge on any atom is -0.260 e. The molecule has 1 rings (SSSR count). The first-order valence-electron chi connectivity index (χ1n) is 2.76. The summed E-state index contributed by atoms with van der Waals surface area (Å²) >= 11 is 5.09. The van der Waals surface area contributed by atoms with Gasteiger partial charge in [-0.3, -0.25) is 4.68 Å². The van der Waals surface area contributed by atoms with Crippen molar-refractivity contribution in [1.29, 1.82) is 0 Å². The Morgan fingerprint density at radius 1 is 1.58 bits per heavy atom. The zero-order chi connectivity index (χ0) is 9.35. The summed E-state index contributed by atoms with van der Waals surface area (Å²) in [6.07, 6.45) is 2.22. The van der Waals surface area contributed by atoms with E-state index in [0.717, 1.165) is 4.68 Å². The van der Waals surface area contributed by atoms with Gasteiger partial charge in [-0.2, -0.15) is 18.3 Å². The molecule has 0 aromatic carbocycles. The largest absolute Gasteiger partial charge is 0.447 e. The van der Waals surface area contributed by atoms with Gasteiger partial charge in [-0.05, 0) is 0 Å². The lowest BCUT2D eigenvalue weighted by atomic mass is 10.7. The number of alkyl halides is 3. The van der Waals surface area contributed by atoms with Crippen molar-refractivity contribution in [3.05, 3.63) is 11.2 Å². The predicted octanol–water partition coefficient (Wildman–Crippen LogP) is 2.49. The molecule has 1 aromatic rings. The third kappa shape index (κ3) is 2.31. The third-order valence-corrected chi connectivity index (χ3v) is 2.26. The Hall–Kier alpha value is -0.360. The van der Waals surface area contributed by atoms with Gasteiger partial charge in [-0.25, -0.2) is 0 Å².